The van der Waals surface area contributed by atoms with Crippen molar-refractivity contribution in [2.45, 2.75) is 39.8 Å². The van der Waals surface area contributed by atoms with Gasteiger partial charge in [0, 0.05) is 18.8 Å². The number of esters is 1. The van der Waals surface area contributed by atoms with Gasteiger partial charge in [-0.05, 0) is 36.6 Å². The molecule has 2 amide bonds. The number of aryl methyl sites for hydroxylation is 1. The van der Waals surface area contributed by atoms with E-state index in [0.717, 1.165) is 25.1 Å². The van der Waals surface area contributed by atoms with Crippen molar-refractivity contribution >= 4 is 12.0 Å². The zero-order valence-corrected chi connectivity index (χ0v) is 18.5. The molecular weight excluding hydrogens is 390 g/mol. The van der Waals surface area contributed by atoms with Crippen LogP contribution in [0, 0.1) is 0 Å². The average molecular weight is 422 g/mol. The first-order valence-corrected chi connectivity index (χ1v) is 10.9. The third-order valence-electron chi connectivity index (χ3n) is 5.45. The van der Waals surface area contributed by atoms with E-state index in [1.807, 2.05) is 42.5 Å². The summed E-state index contributed by atoms with van der Waals surface area (Å²) < 4.78 is 5.37. The number of hydrogen-bond acceptors (Lipinski definition) is 4. The van der Waals surface area contributed by atoms with Crippen LogP contribution < -0.4 is 10.6 Å². The Morgan fingerprint density at radius 1 is 0.968 bits per heavy atom. The Bertz CT molecular complexity index is 923. The fraction of sp³-hybridized carbons (Fsp3) is 0.360. The highest BCUT2D eigenvalue weighted by atomic mass is 16.5. The summed E-state index contributed by atoms with van der Waals surface area (Å²) in [7, 11) is 0. The van der Waals surface area contributed by atoms with Gasteiger partial charge in [-0.3, -0.25) is 4.90 Å². The lowest BCUT2D eigenvalue weighted by Gasteiger charge is -2.32. The highest BCUT2D eigenvalue weighted by Crippen LogP contribution is 2.28. The quantitative estimate of drug-likeness (QED) is 0.602. The van der Waals surface area contributed by atoms with Crippen LogP contribution in [-0.2, 0) is 22.5 Å². The predicted octanol–water partition coefficient (Wildman–Crippen LogP) is 3.94. The lowest BCUT2D eigenvalue weighted by Crippen LogP contribution is -2.48. The number of amides is 2. The van der Waals surface area contributed by atoms with E-state index in [4.69, 9.17) is 4.74 Å². The molecule has 3 rings (SSSR count). The van der Waals surface area contributed by atoms with Gasteiger partial charge in [-0.1, -0.05) is 68.4 Å². The van der Waals surface area contributed by atoms with Crippen LogP contribution >= 0.6 is 0 Å². The van der Waals surface area contributed by atoms with E-state index in [-0.39, 0.29) is 12.6 Å². The first-order valence-electron chi connectivity index (χ1n) is 10.9. The van der Waals surface area contributed by atoms with Crippen LogP contribution in [0.1, 0.15) is 43.5 Å². The highest BCUT2D eigenvalue weighted by Gasteiger charge is 2.34. The second-order valence-corrected chi connectivity index (χ2v) is 7.53. The van der Waals surface area contributed by atoms with Crippen LogP contribution in [0.5, 0.6) is 0 Å². The molecule has 0 aromatic heterocycles. The Labute approximate surface area is 184 Å². The molecule has 1 aliphatic rings. The molecule has 6 nitrogen and oxygen atoms in total. The van der Waals surface area contributed by atoms with E-state index < -0.39 is 12.0 Å². The van der Waals surface area contributed by atoms with Crippen LogP contribution in [0.4, 0.5) is 4.79 Å². The van der Waals surface area contributed by atoms with Gasteiger partial charge in [0.1, 0.15) is 0 Å². The van der Waals surface area contributed by atoms with Crippen LogP contribution in [0.2, 0.25) is 0 Å². The van der Waals surface area contributed by atoms with Crippen LogP contribution in [-0.4, -0.2) is 36.6 Å². The van der Waals surface area contributed by atoms with Crippen molar-refractivity contribution in [3.63, 3.8) is 0 Å². The first kappa shape index (κ1) is 22.6. The Kier molecular flexibility index (Phi) is 7.84. The standard InChI is InChI=1S/C25H31N3O3/c1-4-18-12-14-20(15-13-18)23-22(24(29)31-6-3)21(26-25(30)27-23)17-28(5-2)16-19-10-8-7-9-11-19/h7-15,23H,4-6,16-17H2,1-3H3,(H2,26,27,30)/t23-/m0/s1. The zero-order valence-electron chi connectivity index (χ0n) is 18.5. The molecular formula is C25H31N3O3. The molecule has 1 atom stereocenters. The number of ether oxygens (including phenoxy) is 1. The van der Waals surface area contributed by atoms with Crippen LogP contribution in [0.3, 0.4) is 0 Å². The molecule has 2 N–H and O–H groups in total. The van der Waals surface area contributed by atoms with Gasteiger partial charge in [0.15, 0.2) is 0 Å². The molecule has 0 spiro atoms. The lowest BCUT2D eigenvalue weighted by molar-refractivity contribution is -0.139. The van der Waals surface area contributed by atoms with Gasteiger partial charge in [-0.15, -0.1) is 0 Å². The number of carbonyl (C=O) groups is 2. The first-order chi connectivity index (χ1) is 15.0. The third kappa shape index (κ3) is 5.73. The van der Waals surface area contributed by atoms with Crippen LogP contribution in [0.25, 0.3) is 0 Å². The number of likely N-dealkylation sites (N-methyl/N-ethyl adjacent to an activating group) is 1. The van der Waals surface area contributed by atoms with E-state index in [2.05, 4.69) is 41.5 Å². The molecule has 0 fully saturated rings. The second kappa shape index (κ2) is 10.8. The highest BCUT2D eigenvalue weighted by molar-refractivity contribution is 5.95. The van der Waals surface area contributed by atoms with Gasteiger partial charge in [-0.2, -0.15) is 0 Å². The fourth-order valence-corrected chi connectivity index (χ4v) is 3.73. The Morgan fingerprint density at radius 2 is 1.68 bits per heavy atom. The maximum absolute atomic E-state index is 13.0. The largest absolute Gasteiger partial charge is 0.463 e. The average Bonchev–Trinajstić information content (AvgIpc) is 2.79. The molecule has 0 bridgehead atoms. The molecule has 0 aliphatic carbocycles. The normalized spacial score (nSPS) is 16.1. The van der Waals surface area contributed by atoms with E-state index in [9.17, 15) is 9.59 Å². The summed E-state index contributed by atoms with van der Waals surface area (Å²) in [6.07, 6.45) is 0.926. The van der Waals surface area contributed by atoms with E-state index in [1.165, 1.54) is 11.1 Å². The summed E-state index contributed by atoms with van der Waals surface area (Å²) in [5.41, 5.74) is 4.28. The number of nitrogens with zero attached hydrogens (tertiary/aromatic N) is 1. The Morgan fingerprint density at radius 3 is 2.29 bits per heavy atom. The minimum absolute atomic E-state index is 0.270. The smallest absolute Gasteiger partial charge is 0.338 e. The summed E-state index contributed by atoms with van der Waals surface area (Å²) in [4.78, 5) is 27.7. The van der Waals surface area contributed by atoms with Gasteiger partial charge in [-0.25, -0.2) is 9.59 Å². The predicted molar refractivity (Wildman–Crippen MR) is 121 cm³/mol. The maximum atomic E-state index is 13.0. The van der Waals surface area contributed by atoms with E-state index in [0.29, 0.717) is 17.8 Å². The molecule has 2 aromatic carbocycles. The minimum atomic E-state index is -0.552. The summed E-state index contributed by atoms with van der Waals surface area (Å²) in [6.45, 7) is 8.14. The van der Waals surface area contributed by atoms with Crippen molar-refractivity contribution in [2.24, 2.45) is 0 Å². The monoisotopic (exact) mass is 421 g/mol. The second-order valence-electron chi connectivity index (χ2n) is 7.53. The molecule has 0 saturated heterocycles. The Hall–Kier alpha value is -3.12. The molecule has 31 heavy (non-hydrogen) atoms. The van der Waals surface area contributed by atoms with Crippen molar-refractivity contribution in [1.29, 1.82) is 0 Å². The topological polar surface area (TPSA) is 70.7 Å². The SMILES string of the molecule is CCOC(=O)C1=C(CN(CC)Cc2ccccc2)NC(=O)N[C@H]1c1ccc(CC)cc1. The van der Waals surface area contributed by atoms with Crippen molar-refractivity contribution < 1.29 is 14.3 Å². The van der Waals surface area contributed by atoms with Crippen molar-refractivity contribution in [3.8, 4) is 0 Å². The lowest BCUT2D eigenvalue weighted by atomic mass is 9.94. The van der Waals surface area contributed by atoms with Gasteiger partial charge >= 0.3 is 12.0 Å². The van der Waals surface area contributed by atoms with E-state index in [1.54, 1.807) is 6.92 Å². The Balaban J connectivity index is 1.96. The summed E-state index contributed by atoms with van der Waals surface area (Å²) in [6, 6.07) is 17.3. The summed E-state index contributed by atoms with van der Waals surface area (Å²) in [5, 5.41) is 5.77. The van der Waals surface area contributed by atoms with Gasteiger partial charge in [0.2, 0.25) is 0 Å². The van der Waals surface area contributed by atoms with Gasteiger partial charge in [0.05, 0.1) is 18.2 Å². The summed E-state index contributed by atoms with van der Waals surface area (Å²) in [5.74, 6) is -0.412. The van der Waals surface area contributed by atoms with Crippen molar-refractivity contribution in [2.75, 3.05) is 19.7 Å². The number of rotatable bonds is 9. The van der Waals surface area contributed by atoms with Crippen LogP contribution in [0.15, 0.2) is 65.9 Å². The zero-order chi connectivity index (χ0) is 22.2. The molecule has 0 radical (unpaired) electrons. The number of nitrogens with one attached hydrogen (secondary N) is 2. The number of urea groups is 1. The van der Waals surface area contributed by atoms with Gasteiger partial charge < -0.3 is 15.4 Å². The number of hydrogen-bond donors (Lipinski definition) is 2. The molecule has 2 aromatic rings. The number of benzene rings is 2. The van der Waals surface area contributed by atoms with Crippen molar-refractivity contribution in [3.05, 3.63) is 82.6 Å². The molecule has 0 saturated carbocycles. The molecule has 0 unspecified atom stereocenters. The molecule has 1 heterocycles. The third-order valence-corrected chi connectivity index (χ3v) is 5.45. The molecule has 1 aliphatic heterocycles. The van der Waals surface area contributed by atoms with E-state index >= 15 is 0 Å². The van der Waals surface area contributed by atoms with Gasteiger partial charge in [0.25, 0.3) is 0 Å². The fourth-order valence-electron chi connectivity index (χ4n) is 3.73. The minimum Gasteiger partial charge on any atom is -0.463 e. The molecule has 6 heteroatoms. The summed E-state index contributed by atoms with van der Waals surface area (Å²) >= 11 is 0. The van der Waals surface area contributed by atoms with Crippen molar-refractivity contribution in [1.82, 2.24) is 15.5 Å². The maximum Gasteiger partial charge on any atom is 0.338 e. The number of carbonyl (C=O) groups excluding carboxylic acids is 2. The molecule has 164 valence electrons.